The Morgan fingerprint density at radius 2 is 1.70 bits per heavy atom. The molecule has 12 heteroatoms. The maximum atomic E-state index is 13.4. The van der Waals surface area contributed by atoms with Crippen LogP contribution in [0.15, 0.2) is 67.1 Å². The Hall–Kier alpha value is -4.71. The highest BCUT2D eigenvalue weighted by Gasteiger charge is 2.35. The van der Waals surface area contributed by atoms with Crippen LogP contribution in [0.1, 0.15) is 57.4 Å². The molecular formula is C31H39N5O7. The van der Waals surface area contributed by atoms with Gasteiger partial charge in [0.1, 0.15) is 17.2 Å². The highest BCUT2D eigenvalue weighted by atomic mass is 16.6. The summed E-state index contributed by atoms with van der Waals surface area (Å²) >= 11 is 0. The zero-order valence-corrected chi connectivity index (χ0v) is 25.2. The Kier molecular flexibility index (Phi) is 10.7. The van der Waals surface area contributed by atoms with Crippen molar-refractivity contribution in [3.05, 3.63) is 83.8 Å². The number of anilines is 1. The minimum absolute atomic E-state index is 0.0809. The number of carboxylic acid groups (broad SMARTS) is 1. The number of carboxylic acids is 1. The second-order valence-corrected chi connectivity index (χ2v) is 11.6. The molecular weight excluding hydrogens is 554 g/mol. The lowest BCUT2D eigenvalue weighted by Gasteiger charge is -2.29. The molecule has 2 aromatic carbocycles. The zero-order chi connectivity index (χ0) is 31.8. The van der Waals surface area contributed by atoms with Crippen molar-refractivity contribution in [1.29, 1.82) is 0 Å². The van der Waals surface area contributed by atoms with Gasteiger partial charge in [0, 0.05) is 6.20 Å². The number of carbonyl (C=O) groups excluding carboxylic acids is 3. The van der Waals surface area contributed by atoms with Crippen LogP contribution in [0.3, 0.4) is 0 Å². The fraction of sp³-hybridized carbons (Fsp3) is 0.387. The van der Waals surface area contributed by atoms with Crippen LogP contribution >= 0.6 is 0 Å². The molecule has 0 aliphatic carbocycles. The number of carbonyl (C=O) groups is 4. The molecule has 3 aromatic rings. The van der Waals surface area contributed by atoms with Crippen molar-refractivity contribution in [3.8, 4) is 0 Å². The minimum atomic E-state index is -1.44. The molecule has 1 unspecified atom stereocenters. The van der Waals surface area contributed by atoms with Crippen LogP contribution in [0.5, 0.6) is 0 Å². The van der Waals surface area contributed by atoms with E-state index in [-0.39, 0.29) is 19.0 Å². The Balaban J connectivity index is 1.76. The van der Waals surface area contributed by atoms with E-state index in [1.807, 2.05) is 43.3 Å². The Labute approximate surface area is 250 Å². The predicted molar refractivity (Wildman–Crippen MR) is 159 cm³/mol. The van der Waals surface area contributed by atoms with Crippen LogP contribution in [0, 0.1) is 6.92 Å². The summed E-state index contributed by atoms with van der Waals surface area (Å²) in [5.74, 6) is -2.32. The van der Waals surface area contributed by atoms with E-state index in [1.54, 1.807) is 39.0 Å². The Bertz CT molecular complexity index is 1430. The second-order valence-electron chi connectivity index (χ2n) is 11.6. The summed E-state index contributed by atoms with van der Waals surface area (Å²) in [6.45, 7) is 9.90. The summed E-state index contributed by atoms with van der Waals surface area (Å²) in [4.78, 5) is 55.2. The molecule has 4 N–H and O–H groups in total. The van der Waals surface area contributed by atoms with E-state index in [2.05, 4.69) is 20.9 Å². The number of aromatic nitrogens is 2. The number of nitrogens with zero attached hydrogens (tertiary/aromatic N) is 2. The summed E-state index contributed by atoms with van der Waals surface area (Å²) in [7, 11) is 0. The minimum Gasteiger partial charge on any atom is -0.479 e. The molecule has 2 atom stereocenters. The lowest BCUT2D eigenvalue weighted by molar-refractivity contribution is -0.139. The van der Waals surface area contributed by atoms with Crippen LogP contribution in [0.25, 0.3) is 0 Å². The second kappa shape index (κ2) is 14.0. The van der Waals surface area contributed by atoms with Crippen LogP contribution < -0.4 is 16.0 Å². The lowest BCUT2D eigenvalue weighted by atomic mass is 10.0. The van der Waals surface area contributed by atoms with Crippen molar-refractivity contribution in [2.45, 2.75) is 71.4 Å². The summed E-state index contributed by atoms with van der Waals surface area (Å²) in [5.41, 5.74) is 0.101. The van der Waals surface area contributed by atoms with E-state index in [0.29, 0.717) is 5.56 Å². The molecule has 3 amide bonds. The first-order valence-electron chi connectivity index (χ1n) is 13.7. The van der Waals surface area contributed by atoms with Crippen LogP contribution in [-0.2, 0) is 30.5 Å². The number of hydrogen-bond donors (Lipinski definition) is 4. The van der Waals surface area contributed by atoms with Crippen molar-refractivity contribution in [3.63, 3.8) is 0 Å². The zero-order valence-electron chi connectivity index (χ0n) is 25.2. The van der Waals surface area contributed by atoms with Crippen molar-refractivity contribution in [2.24, 2.45) is 0 Å². The van der Waals surface area contributed by atoms with Gasteiger partial charge in [0.25, 0.3) is 5.91 Å². The average molecular weight is 594 g/mol. The van der Waals surface area contributed by atoms with Gasteiger partial charge < -0.3 is 35.1 Å². The molecule has 0 fully saturated rings. The van der Waals surface area contributed by atoms with Crippen LogP contribution in [0.2, 0.25) is 0 Å². The number of aliphatic carboxylic acids is 1. The lowest BCUT2D eigenvalue weighted by Crippen LogP contribution is -2.59. The number of alkyl carbamates (subject to hydrolysis) is 1. The SMILES string of the molecule is Cc1cccc(C(C(=O)O)n2cnc(NC(=O)[C@@H](COCc3ccccc3)NC(=O)C(C)(C)NC(=O)OC(C)(C)C)c2)c1. The van der Waals surface area contributed by atoms with Gasteiger partial charge in [0.15, 0.2) is 11.9 Å². The van der Waals surface area contributed by atoms with Gasteiger partial charge in [-0.25, -0.2) is 14.6 Å². The molecule has 0 spiro atoms. The number of amides is 3. The van der Waals surface area contributed by atoms with Gasteiger partial charge in [-0.2, -0.15) is 0 Å². The number of benzene rings is 2. The summed E-state index contributed by atoms with van der Waals surface area (Å²) in [6.07, 6.45) is 1.92. The van der Waals surface area contributed by atoms with Crippen molar-refractivity contribution in [1.82, 2.24) is 20.2 Å². The van der Waals surface area contributed by atoms with Gasteiger partial charge in [0.2, 0.25) is 5.91 Å². The van der Waals surface area contributed by atoms with Gasteiger partial charge in [-0.15, -0.1) is 0 Å². The maximum Gasteiger partial charge on any atom is 0.408 e. The largest absolute Gasteiger partial charge is 0.479 e. The van der Waals surface area contributed by atoms with Crippen molar-refractivity contribution in [2.75, 3.05) is 11.9 Å². The van der Waals surface area contributed by atoms with E-state index in [1.165, 1.54) is 30.9 Å². The fourth-order valence-corrected chi connectivity index (χ4v) is 4.04. The topological polar surface area (TPSA) is 161 Å². The number of nitrogens with one attached hydrogen (secondary N) is 3. The van der Waals surface area contributed by atoms with Gasteiger partial charge >= 0.3 is 12.1 Å². The standard InChI is InChI=1S/C31H39N5O7/c1-20-11-10-14-22(15-20)25(27(38)39)36-16-24(32-19-36)34-26(37)23(18-42-17-21-12-8-7-9-13-21)33-28(40)31(5,6)35-29(41)43-30(2,3)4/h7-16,19,23,25H,17-18H2,1-6H3,(H,33,40)(H,34,37)(H,35,41)(H,38,39)/t23-,25?/m1/s1. The average Bonchev–Trinajstić information content (AvgIpc) is 3.34. The van der Waals surface area contributed by atoms with E-state index in [0.717, 1.165) is 11.1 Å². The van der Waals surface area contributed by atoms with Gasteiger partial charge in [-0.05, 0) is 52.7 Å². The van der Waals surface area contributed by atoms with Crippen LogP contribution in [-0.4, -0.2) is 62.3 Å². The predicted octanol–water partition coefficient (Wildman–Crippen LogP) is 3.81. The molecule has 230 valence electrons. The summed E-state index contributed by atoms with van der Waals surface area (Å²) in [6, 6.07) is 14.1. The highest BCUT2D eigenvalue weighted by molar-refractivity contribution is 5.98. The number of imidazole rings is 1. The maximum absolute atomic E-state index is 13.4. The molecule has 12 nitrogen and oxygen atoms in total. The third-order valence-electron chi connectivity index (χ3n) is 6.14. The summed E-state index contributed by atoms with van der Waals surface area (Å²) < 4.78 is 12.4. The molecule has 1 aromatic heterocycles. The smallest absolute Gasteiger partial charge is 0.408 e. The Morgan fingerprint density at radius 3 is 2.33 bits per heavy atom. The first-order valence-corrected chi connectivity index (χ1v) is 13.7. The monoisotopic (exact) mass is 593 g/mol. The fourth-order valence-electron chi connectivity index (χ4n) is 4.04. The normalized spacial score (nSPS) is 13.0. The highest BCUT2D eigenvalue weighted by Crippen LogP contribution is 2.21. The molecule has 43 heavy (non-hydrogen) atoms. The first-order chi connectivity index (χ1) is 20.1. The third-order valence-corrected chi connectivity index (χ3v) is 6.14. The summed E-state index contributed by atoms with van der Waals surface area (Å²) in [5, 5.41) is 17.7. The van der Waals surface area contributed by atoms with Gasteiger partial charge in [-0.1, -0.05) is 60.2 Å². The van der Waals surface area contributed by atoms with Crippen molar-refractivity contribution >= 4 is 29.7 Å². The van der Waals surface area contributed by atoms with E-state index >= 15 is 0 Å². The first kappa shape index (κ1) is 32.8. The van der Waals surface area contributed by atoms with Gasteiger partial charge in [0.05, 0.1) is 19.5 Å². The van der Waals surface area contributed by atoms with Crippen molar-refractivity contribution < 1.29 is 33.8 Å². The molecule has 0 radical (unpaired) electrons. The quantitative estimate of drug-likeness (QED) is 0.247. The van der Waals surface area contributed by atoms with E-state index in [4.69, 9.17) is 9.47 Å². The molecule has 1 heterocycles. The molecule has 0 bridgehead atoms. The van der Waals surface area contributed by atoms with E-state index < -0.39 is 47.1 Å². The number of hydrogen-bond acceptors (Lipinski definition) is 7. The van der Waals surface area contributed by atoms with E-state index in [9.17, 15) is 24.3 Å². The molecule has 0 aliphatic heterocycles. The molecule has 0 aliphatic rings. The third kappa shape index (κ3) is 9.96. The number of aryl methyl sites for hydroxylation is 1. The Morgan fingerprint density at radius 1 is 1.00 bits per heavy atom. The van der Waals surface area contributed by atoms with Crippen LogP contribution in [0.4, 0.5) is 10.6 Å². The molecule has 0 saturated carbocycles. The molecule has 0 saturated heterocycles. The molecule has 3 rings (SSSR count). The van der Waals surface area contributed by atoms with Gasteiger partial charge in [-0.3, -0.25) is 9.59 Å². The number of rotatable bonds is 12. The number of ether oxygens (including phenoxy) is 2.